The van der Waals surface area contributed by atoms with Gasteiger partial charge in [0, 0.05) is 30.5 Å². The fourth-order valence-corrected chi connectivity index (χ4v) is 2.16. The molecule has 2 N–H and O–H groups in total. The fourth-order valence-electron chi connectivity index (χ4n) is 2.16. The highest BCUT2D eigenvalue weighted by atomic mass is 16.5. The van der Waals surface area contributed by atoms with Crippen LogP contribution in [0.5, 0.6) is 0 Å². The van der Waals surface area contributed by atoms with Crippen molar-refractivity contribution in [3.05, 3.63) is 24.3 Å². The maximum absolute atomic E-state index is 11.6. The van der Waals surface area contributed by atoms with E-state index in [1.54, 1.807) is 0 Å². The second-order valence-electron chi connectivity index (χ2n) is 5.02. The molecular formula is C14H19N3O2. The lowest BCUT2D eigenvalue weighted by atomic mass is 10.2. The summed E-state index contributed by atoms with van der Waals surface area (Å²) in [7, 11) is 0. The average molecular weight is 261 g/mol. The van der Waals surface area contributed by atoms with Crippen LogP contribution >= 0.6 is 0 Å². The zero-order valence-electron chi connectivity index (χ0n) is 10.9. The van der Waals surface area contributed by atoms with Crippen molar-refractivity contribution in [3.8, 4) is 0 Å². The maximum Gasteiger partial charge on any atom is 0.319 e. The van der Waals surface area contributed by atoms with Crippen LogP contribution in [0, 0.1) is 0 Å². The first-order valence-corrected chi connectivity index (χ1v) is 6.81. The van der Waals surface area contributed by atoms with Crippen LogP contribution < -0.4 is 15.5 Å². The van der Waals surface area contributed by atoms with E-state index in [1.165, 1.54) is 5.69 Å². The van der Waals surface area contributed by atoms with Crippen molar-refractivity contribution in [2.75, 3.05) is 36.5 Å². The van der Waals surface area contributed by atoms with Crippen LogP contribution in [0.2, 0.25) is 0 Å². The van der Waals surface area contributed by atoms with Crippen LogP contribution in [0.3, 0.4) is 0 Å². The maximum atomic E-state index is 11.6. The molecule has 1 heterocycles. The summed E-state index contributed by atoms with van der Waals surface area (Å²) in [5.74, 6) is 0. The van der Waals surface area contributed by atoms with E-state index < -0.39 is 0 Å². The number of nitrogens with zero attached hydrogens (tertiary/aromatic N) is 1. The molecule has 1 saturated carbocycles. The van der Waals surface area contributed by atoms with Gasteiger partial charge in [0.25, 0.3) is 0 Å². The summed E-state index contributed by atoms with van der Waals surface area (Å²) in [5, 5.41) is 5.75. The summed E-state index contributed by atoms with van der Waals surface area (Å²) in [6, 6.07) is 8.24. The second-order valence-corrected chi connectivity index (χ2v) is 5.02. The van der Waals surface area contributed by atoms with Gasteiger partial charge in [0.05, 0.1) is 13.2 Å². The van der Waals surface area contributed by atoms with Crippen LogP contribution in [0.15, 0.2) is 24.3 Å². The Balaban J connectivity index is 1.56. The number of morpholine rings is 1. The van der Waals surface area contributed by atoms with Gasteiger partial charge in [-0.1, -0.05) is 0 Å². The average Bonchev–Trinajstić information content (AvgIpc) is 3.24. The highest BCUT2D eigenvalue weighted by Gasteiger charge is 2.23. The highest BCUT2D eigenvalue weighted by Crippen LogP contribution is 2.20. The van der Waals surface area contributed by atoms with Gasteiger partial charge >= 0.3 is 6.03 Å². The van der Waals surface area contributed by atoms with Crippen molar-refractivity contribution >= 4 is 17.4 Å². The largest absolute Gasteiger partial charge is 0.378 e. The Labute approximate surface area is 112 Å². The molecule has 0 radical (unpaired) electrons. The van der Waals surface area contributed by atoms with Crippen molar-refractivity contribution in [2.24, 2.45) is 0 Å². The number of rotatable bonds is 3. The van der Waals surface area contributed by atoms with Gasteiger partial charge in [-0.05, 0) is 37.1 Å². The Morgan fingerprint density at radius 2 is 1.84 bits per heavy atom. The molecule has 2 fully saturated rings. The van der Waals surface area contributed by atoms with Gasteiger partial charge in [0.1, 0.15) is 0 Å². The Kier molecular flexibility index (Phi) is 3.55. The number of carbonyl (C=O) groups is 1. The molecule has 0 aromatic heterocycles. The molecule has 0 unspecified atom stereocenters. The molecule has 0 atom stereocenters. The van der Waals surface area contributed by atoms with E-state index in [1.807, 2.05) is 24.3 Å². The molecule has 0 spiro atoms. The summed E-state index contributed by atoms with van der Waals surface area (Å²) in [5.41, 5.74) is 2.01. The van der Waals surface area contributed by atoms with Crippen LogP contribution in [0.4, 0.5) is 16.2 Å². The van der Waals surface area contributed by atoms with E-state index in [0.717, 1.165) is 44.8 Å². The van der Waals surface area contributed by atoms with E-state index in [0.29, 0.717) is 6.04 Å². The molecular weight excluding hydrogens is 242 g/mol. The standard InChI is InChI=1S/C14H19N3O2/c18-14(15-11-1-2-11)16-12-3-5-13(6-4-12)17-7-9-19-10-8-17/h3-6,11H,1-2,7-10H2,(H2,15,16,18). The molecule has 1 saturated heterocycles. The molecule has 1 aliphatic heterocycles. The van der Waals surface area contributed by atoms with Crippen molar-refractivity contribution < 1.29 is 9.53 Å². The first kappa shape index (κ1) is 12.3. The number of anilines is 2. The molecule has 1 aromatic rings. The van der Waals surface area contributed by atoms with Crippen molar-refractivity contribution in [1.29, 1.82) is 0 Å². The highest BCUT2D eigenvalue weighted by molar-refractivity contribution is 5.89. The van der Waals surface area contributed by atoms with E-state index in [-0.39, 0.29) is 6.03 Å². The van der Waals surface area contributed by atoms with E-state index in [9.17, 15) is 4.79 Å². The van der Waals surface area contributed by atoms with Gasteiger partial charge < -0.3 is 20.3 Å². The minimum Gasteiger partial charge on any atom is -0.378 e. The van der Waals surface area contributed by atoms with Gasteiger partial charge in [-0.25, -0.2) is 4.79 Å². The zero-order chi connectivity index (χ0) is 13.1. The van der Waals surface area contributed by atoms with E-state index >= 15 is 0 Å². The topological polar surface area (TPSA) is 53.6 Å². The summed E-state index contributed by atoms with van der Waals surface area (Å²) >= 11 is 0. The van der Waals surface area contributed by atoms with Gasteiger partial charge in [0.15, 0.2) is 0 Å². The Morgan fingerprint density at radius 3 is 2.47 bits per heavy atom. The number of urea groups is 1. The number of ether oxygens (including phenoxy) is 1. The van der Waals surface area contributed by atoms with E-state index in [4.69, 9.17) is 4.74 Å². The summed E-state index contributed by atoms with van der Waals surface area (Å²) < 4.78 is 5.33. The quantitative estimate of drug-likeness (QED) is 0.872. The third-order valence-electron chi connectivity index (χ3n) is 3.41. The van der Waals surface area contributed by atoms with Gasteiger partial charge in [-0.3, -0.25) is 0 Å². The zero-order valence-corrected chi connectivity index (χ0v) is 10.9. The van der Waals surface area contributed by atoms with Crippen LogP contribution in [-0.4, -0.2) is 38.4 Å². The molecule has 102 valence electrons. The number of amides is 2. The number of hydrogen-bond acceptors (Lipinski definition) is 3. The van der Waals surface area contributed by atoms with Gasteiger partial charge in [-0.2, -0.15) is 0 Å². The number of benzene rings is 1. The normalized spacial score (nSPS) is 19.1. The lowest BCUT2D eigenvalue weighted by Gasteiger charge is -2.28. The third-order valence-corrected chi connectivity index (χ3v) is 3.41. The van der Waals surface area contributed by atoms with Crippen molar-refractivity contribution in [1.82, 2.24) is 5.32 Å². The molecule has 3 rings (SSSR count). The number of hydrogen-bond donors (Lipinski definition) is 2. The number of nitrogens with one attached hydrogen (secondary N) is 2. The molecule has 5 heteroatoms. The van der Waals surface area contributed by atoms with Gasteiger partial charge in [-0.15, -0.1) is 0 Å². The van der Waals surface area contributed by atoms with Crippen LogP contribution in [-0.2, 0) is 4.74 Å². The van der Waals surface area contributed by atoms with Gasteiger partial charge in [0.2, 0.25) is 0 Å². The molecule has 1 aliphatic carbocycles. The molecule has 5 nitrogen and oxygen atoms in total. The van der Waals surface area contributed by atoms with Crippen LogP contribution in [0.25, 0.3) is 0 Å². The first-order chi connectivity index (χ1) is 9.31. The first-order valence-electron chi connectivity index (χ1n) is 6.81. The minimum absolute atomic E-state index is 0.110. The predicted octanol–water partition coefficient (Wildman–Crippen LogP) is 1.81. The Bertz CT molecular complexity index is 437. The molecule has 2 amide bonds. The lowest BCUT2D eigenvalue weighted by molar-refractivity contribution is 0.122. The Hall–Kier alpha value is -1.75. The van der Waals surface area contributed by atoms with E-state index in [2.05, 4.69) is 15.5 Å². The number of carbonyl (C=O) groups excluding carboxylic acids is 1. The van der Waals surface area contributed by atoms with Crippen molar-refractivity contribution in [2.45, 2.75) is 18.9 Å². The molecule has 2 aliphatic rings. The van der Waals surface area contributed by atoms with Crippen LogP contribution in [0.1, 0.15) is 12.8 Å². The smallest absolute Gasteiger partial charge is 0.319 e. The minimum atomic E-state index is -0.110. The van der Waals surface area contributed by atoms with Crippen molar-refractivity contribution in [3.63, 3.8) is 0 Å². The fraction of sp³-hybridized carbons (Fsp3) is 0.500. The summed E-state index contributed by atoms with van der Waals surface area (Å²) in [4.78, 5) is 13.9. The SMILES string of the molecule is O=C(Nc1ccc(N2CCOCC2)cc1)NC1CC1. The molecule has 19 heavy (non-hydrogen) atoms. The third kappa shape index (κ3) is 3.38. The summed E-state index contributed by atoms with van der Waals surface area (Å²) in [6.07, 6.45) is 2.20. The molecule has 0 bridgehead atoms. The predicted molar refractivity (Wildman–Crippen MR) is 74.7 cm³/mol. The summed E-state index contributed by atoms with van der Waals surface area (Å²) in [6.45, 7) is 3.41. The lowest BCUT2D eigenvalue weighted by Crippen LogP contribution is -2.36. The Morgan fingerprint density at radius 1 is 1.16 bits per heavy atom. The molecule has 1 aromatic carbocycles. The monoisotopic (exact) mass is 261 g/mol. The second kappa shape index (κ2) is 5.48.